The van der Waals surface area contributed by atoms with Crippen LogP contribution in [-0.4, -0.2) is 89.1 Å². The van der Waals surface area contributed by atoms with Gasteiger partial charge in [0, 0.05) is 38.1 Å². The monoisotopic (exact) mass is 426 g/mol. The van der Waals surface area contributed by atoms with Gasteiger partial charge in [-0.25, -0.2) is 0 Å². The molecule has 0 aliphatic carbocycles. The van der Waals surface area contributed by atoms with Crippen molar-refractivity contribution >= 4 is 28.8 Å². The van der Waals surface area contributed by atoms with Crippen LogP contribution < -0.4 is 16.5 Å². The van der Waals surface area contributed by atoms with Crippen molar-refractivity contribution in [3.8, 4) is 0 Å². The van der Waals surface area contributed by atoms with E-state index >= 15 is 0 Å². The van der Waals surface area contributed by atoms with Crippen LogP contribution in [-0.2, 0) is 15.0 Å². The lowest BCUT2D eigenvalue weighted by Gasteiger charge is -2.41. The summed E-state index contributed by atoms with van der Waals surface area (Å²) >= 11 is 0. The molecule has 160 valence electrons. The zero-order chi connectivity index (χ0) is 21.6. The molecule has 0 spiro atoms. The van der Waals surface area contributed by atoms with E-state index < -0.39 is 34.8 Å². The van der Waals surface area contributed by atoms with Gasteiger partial charge in [0.15, 0.2) is 0 Å². The van der Waals surface area contributed by atoms with E-state index in [1.807, 2.05) is 0 Å². The van der Waals surface area contributed by atoms with Crippen molar-refractivity contribution < 1.29 is 28.4 Å². The minimum atomic E-state index is -3.95. The topological polar surface area (TPSA) is 156 Å². The fourth-order valence-electron chi connectivity index (χ4n) is 4.03. The number of nitrogens with two attached hydrogens (primary N) is 1. The summed E-state index contributed by atoms with van der Waals surface area (Å²) in [7, 11) is -5.67. The summed E-state index contributed by atoms with van der Waals surface area (Å²) < 4.78 is 29.3. The fourth-order valence-corrected chi connectivity index (χ4v) is 6.07. The van der Waals surface area contributed by atoms with Crippen LogP contribution in [0.1, 0.15) is 25.3 Å². The molecule has 0 saturated carbocycles. The third-order valence-electron chi connectivity index (χ3n) is 5.68. The minimum absolute atomic E-state index is 0.112. The highest BCUT2D eigenvalue weighted by atomic mass is 32.2. The predicted molar refractivity (Wildman–Crippen MR) is 108 cm³/mol. The fraction of sp³-hybridized carbons (Fsp3) is 0.588. The SMILES string of the molecule is CC(C)N(C1CNC1)S(=O)(=O)N1C[C@H](c2cccc(B(O)O)c2)[C@](N)(C(=O)O)C1. The maximum atomic E-state index is 13.4. The summed E-state index contributed by atoms with van der Waals surface area (Å²) in [6.07, 6.45) is 0. The van der Waals surface area contributed by atoms with Gasteiger partial charge in [0.05, 0.1) is 6.04 Å². The van der Waals surface area contributed by atoms with E-state index in [1.54, 1.807) is 26.0 Å². The van der Waals surface area contributed by atoms with Gasteiger partial charge in [0.25, 0.3) is 10.2 Å². The summed E-state index contributed by atoms with van der Waals surface area (Å²) in [6.45, 7) is 4.16. The molecular formula is C17H27BN4O6S. The highest BCUT2D eigenvalue weighted by molar-refractivity contribution is 7.86. The molecule has 2 heterocycles. The number of hydrogen-bond donors (Lipinski definition) is 5. The number of aliphatic carboxylic acids is 1. The quantitative estimate of drug-likeness (QED) is 0.299. The first-order valence-electron chi connectivity index (χ1n) is 9.46. The zero-order valence-electron chi connectivity index (χ0n) is 16.4. The van der Waals surface area contributed by atoms with Gasteiger partial charge in [0.2, 0.25) is 0 Å². The van der Waals surface area contributed by atoms with Crippen LogP contribution in [0, 0.1) is 0 Å². The molecular weight excluding hydrogens is 399 g/mol. The Kier molecular flexibility index (Phi) is 6.07. The molecule has 10 nitrogen and oxygen atoms in total. The summed E-state index contributed by atoms with van der Waals surface area (Å²) in [5.74, 6) is -2.15. The zero-order valence-corrected chi connectivity index (χ0v) is 17.2. The van der Waals surface area contributed by atoms with Crippen molar-refractivity contribution in [2.45, 2.75) is 37.4 Å². The molecule has 0 aromatic heterocycles. The minimum Gasteiger partial charge on any atom is -0.480 e. The lowest BCUT2D eigenvalue weighted by molar-refractivity contribution is -0.143. The maximum Gasteiger partial charge on any atom is 0.488 e. The van der Waals surface area contributed by atoms with Crippen LogP contribution in [0.15, 0.2) is 24.3 Å². The molecule has 12 heteroatoms. The Morgan fingerprint density at radius 1 is 1.38 bits per heavy atom. The molecule has 2 aliphatic rings. The van der Waals surface area contributed by atoms with Gasteiger partial charge in [-0.1, -0.05) is 24.3 Å². The van der Waals surface area contributed by atoms with Crippen LogP contribution in [0.5, 0.6) is 0 Å². The second kappa shape index (κ2) is 7.95. The Bertz CT molecular complexity index is 878. The second-order valence-corrected chi connectivity index (χ2v) is 9.81. The number of nitrogens with zero attached hydrogens (tertiary/aromatic N) is 2. The third-order valence-corrected chi connectivity index (χ3v) is 7.86. The number of nitrogens with one attached hydrogen (secondary N) is 1. The van der Waals surface area contributed by atoms with E-state index in [1.165, 1.54) is 16.4 Å². The van der Waals surface area contributed by atoms with Crippen molar-refractivity contribution in [2.75, 3.05) is 26.2 Å². The molecule has 0 amide bonds. The lowest BCUT2D eigenvalue weighted by Crippen LogP contribution is -2.63. The van der Waals surface area contributed by atoms with Gasteiger partial charge in [-0.3, -0.25) is 4.79 Å². The van der Waals surface area contributed by atoms with Crippen molar-refractivity contribution in [3.05, 3.63) is 29.8 Å². The maximum absolute atomic E-state index is 13.4. The Morgan fingerprint density at radius 2 is 2.03 bits per heavy atom. The Labute approximate surface area is 170 Å². The number of carbonyl (C=O) groups is 1. The second-order valence-electron chi connectivity index (χ2n) is 7.98. The first-order chi connectivity index (χ1) is 13.5. The molecule has 0 bridgehead atoms. The molecule has 29 heavy (non-hydrogen) atoms. The molecule has 3 rings (SSSR count). The standard InChI is InChI=1S/C17H27BN4O6S/c1-11(2)22(14-7-20-8-14)29(27,28)21-9-15(17(19,10-21)16(23)24)12-4-3-5-13(6-12)18(25)26/h3-6,11,14-15,20,25-26H,7-10,19H2,1-2H3,(H,23,24)/t15-,17+/m1/s1. The van der Waals surface area contributed by atoms with Crippen molar-refractivity contribution in [1.82, 2.24) is 13.9 Å². The van der Waals surface area contributed by atoms with Gasteiger partial charge in [0.1, 0.15) is 5.54 Å². The smallest absolute Gasteiger partial charge is 0.480 e. The van der Waals surface area contributed by atoms with Crippen molar-refractivity contribution in [2.24, 2.45) is 5.73 Å². The van der Waals surface area contributed by atoms with Crippen molar-refractivity contribution in [1.29, 1.82) is 0 Å². The summed E-state index contributed by atoms with van der Waals surface area (Å²) in [5.41, 5.74) is 5.01. The normalized spacial score (nSPS) is 26.1. The molecule has 1 aromatic carbocycles. The molecule has 0 radical (unpaired) electrons. The Hall–Kier alpha value is -1.54. The number of carboxylic acids is 1. The highest BCUT2D eigenvalue weighted by Crippen LogP contribution is 2.37. The third kappa shape index (κ3) is 3.93. The van der Waals surface area contributed by atoms with E-state index in [2.05, 4.69) is 5.32 Å². The Morgan fingerprint density at radius 3 is 2.52 bits per heavy atom. The average molecular weight is 426 g/mol. The van der Waals surface area contributed by atoms with Gasteiger partial charge in [-0.05, 0) is 24.9 Å². The number of carboxylic acid groups (broad SMARTS) is 1. The van der Waals surface area contributed by atoms with E-state index in [0.29, 0.717) is 18.7 Å². The van der Waals surface area contributed by atoms with Gasteiger partial charge in [-0.2, -0.15) is 17.0 Å². The van der Waals surface area contributed by atoms with Gasteiger partial charge >= 0.3 is 13.1 Å². The van der Waals surface area contributed by atoms with Crippen LogP contribution in [0.3, 0.4) is 0 Å². The van der Waals surface area contributed by atoms with Crippen molar-refractivity contribution in [3.63, 3.8) is 0 Å². The largest absolute Gasteiger partial charge is 0.488 e. The first kappa shape index (κ1) is 22.2. The van der Waals surface area contributed by atoms with Crippen LogP contribution >= 0.6 is 0 Å². The molecule has 6 N–H and O–H groups in total. The number of hydrogen-bond acceptors (Lipinski definition) is 7. The van der Waals surface area contributed by atoms with Gasteiger partial charge < -0.3 is 26.2 Å². The number of benzene rings is 1. The predicted octanol–water partition coefficient (Wildman–Crippen LogP) is -2.53. The molecule has 2 atom stereocenters. The van der Waals surface area contributed by atoms with E-state index in [9.17, 15) is 28.4 Å². The molecule has 1 aromatic rings. The summed E-state index contributed by atoms with van der Waals surface area (Å²) in [5, 5.41) is 31.7. The summed E-state index contributed by atoms with van der Waals surface area (Å²) in [6, 6.07) is 5.63. The van der Waals surface area contributed by atoms with Crippen LogP contribution in [0.2, 0.25) is 0 Å². The number of rotatable bonds is 7. The summed E-state index contributed by atoms with van der Waals surface area (Å²) in [4.78, 5) is 12.0. The first-order valence-corrected chi connectivity index (χ1v) is 10.9. The van der Waals surface area contributed by atoms with Gasteiger partial charge in [-0.15, -0.1) is 0 Å². The van der Waals surface area contributed by atoms with Crippen LogP contribution in [0.4, 0.5) is 0 Å². The van der Waals surface area contributed by atoms with E-state index in [-0.39, 0.29) is 30.6 Å². The average Bonchev–Trinajstić information content (AvgIpc) is 2.97. The molecule has 0 unspecified atom stereocenters. The van der Waals surface area contributed by atoms with E-state index in [4.69, 9.17) is 5.73 Å². The molecule has 2 saturated heterocycles. The Balaban J connectivity index is 1.98. The van der Waals surface area contributed by atoms with Crippen LogP contribution in [0.25, 0.3) is 0 Å². The molecule has 2 aliphatic heterocycles. The molecule has 2 fully saturated rings. The van der Waals surface area contributed by atoms with E-state index in [0.717, 1.165) is 4.31 Å². The highest BCUT2D eigenvalue weighted by Gasteiger charge is 2.55. The lowest BCUT2D eigenvalue weighted by atomic mass is 9.76.